The molecule has 2 N–H and O–H groups in total. The highest BCUT2D eigenvalue weighted by atomic mass is 19.1. The van der Waals surface area contributed by atoms with Crippen LogP contribution in [0.4, 0.5) is 14.6 Å². The van der Waals surface area contributed by atoms with Crippen LogP contribution in [-0.4, -0.2) is 17.1 Å². The highest BCUT2D eigenvalue weighted by Crippen LogP contribution is 2.24. The molecule has 2 aromatic rings. The molecule has 0 saturated carbocycles. The summed E-state index contributed by atoms with van der Waals surface area (Å²) in [6, 6.07) is 4.24. The Morgan fingerprint density at radius 1 is 1.22 bits per heavy atom. The van der Waals surface area contributed by atoms with Crippen LogP contribution in [0.1, 0.15) is 5.69 Å². The molecule has 0 aliphatic carbocycles. The van der Waals surface area contributed by atoms with Crippen molar-refractivity contribution in [2.45, 2.75) is 6.92 Å². The van der Waals surface area contributed by atoms with Crippen LogP contribution in [-0.2, 0) is 0 Å². The van der Waals surface area contributed by atoms with E-state index in [0.29, 0.717) is 5.56 Å². The van der Waals surface area contributed by atoms with Crippen molar-refractivity contribution >= 4 is 5.82 Å². The Balaban J connectivity index is 2.52. The Morgan fingerprint density at radius 3 is 2.50 bits per heavy atom. The quantitative estimate of drug-likeness (QED) is 0.889. The van der Waals surface area contributed by atoms with Crippen molar-refractivity contribution in [2.75, 3.05) is 12.8 Å². The van der Waals surface area contributed by atoms with Crippen LogP contribution in [0, 0.1) is 18.6 Å². The average Bonchev–Trinajstić information content (AvgIpc) is 2.35. The summed E-state index contributed by atoms with van der Waals surface area (Å²) in [5.74, 6) is -1.17. The summed E-state index contributed by atoms with van der Waals surface area (Å²) in [7, 11) is 1.37. The van der Waals surface area contributed by atoms with Crippen LogP contribution in [0.3, 0.4) is 0 Å². The van der Waals surface area contributed by atoms with E-state index in [1.54, 1.807) is 6.07 Å². The Labute approximate surface area is 102 Å². The Hall–Kier alpha value is -2.24. The van der Waals surface area contributed by atoms with E-state index in [-0.39, 0.29) is 23.1 Å². The monoisotopic (exact) mass is 251 g/mol. The van der Waals surface area contributed by atoms with Crippen LogP contribution in [0.2, 0.25) is 0 Å². The number of nitrogens with zero attached hydrogens (tertiary/aromatic N) is 2. The molecule has 0 atom stereocenters. The molecule has 0 fully saturated rings. The number of nitrogens with two attached hydrogens (primary N) is 1. The molecule has 6 heteroatoms. The van der Waals surface area contributed by atoms with Crippen molar-refractivity contribution in [3.63, 3.8) is 0 Å². The van der Waals surface area contributed by atoms with Crippen LogP contribution < -0.4 is 10.5 Å². The minimum atomic E-state index is -0.660. The Morgan fingerprint density at radius 2 is 1.94 bits per heavy atom. The standard InChI is InChI=1S/C12H11F2N3O/c1-6-10(14)11(15)17-12(16-6)7-3-4-9(18-2)8(13)5-7/h3-5H,1-2H3,(H2,15,16,17). The fraction of sp³-hybridized carbons (Fsp3) is 0.167. The molecule has 0 unspecified atom stereocenters. The molecule has 1 heterocycles. The Bertz CT molecular complexity index is 579. The van der Waals surface area contributed by atoms with Crippen molar-refractivity contribution in [2.24, 2.45) is 0 Å². The second kappa shape index (κ2) is 4.56. The first-order valence-corrected chi connectivity index (χ1v) is 5.16. The summed E-state index contributed by atoms with van der Waals surface area (Å²) in [5.41, 5.74) is 5.93. The van der Waals surface area contributed by atoms with Crippen molar-refractivity contribution in [3.05, 3.63) is 35.5 Å². The number of rotatable bonds is 2. The van der Waals surface area contributed by atoms with Crippen LogP contribution in [0.15, 0.2) is 18.2 Å². The summed E-state index contributed by atoms with van der Waals surface area (Å²) in [5, 5.41) is 0. The lowest BCUT2D eigenvalue weighted by molar-refractivity contribution is 0.386. The van der Waals surface area contributed by atoms with Crippen molar-refractivity contribution in [3.8, 4) is 17.1 Å². The minimum Gasteiger partial charge on any atom is -0.494 e. The van der Waals surface area contributed by atoms with Gasteiger partial charge in [0.2, 0.25) is 0 Å². The molecule has 0 saturated heterocycles. The topological polar surface area (TPSA) is 61.0 Å². The summed E-state index contributed by atoms with van der Waals surface area (Å²) >= 11 is 0. The van der Waals surface area contributed by atoms with E-state index in [2.05, 4.69) is 9.97 Å². The lowest BCUT2D eigenvalue weighted by Gasteiger charge is -2.06. The van der Waals surface area contributed by atoms with E-state index < -0.39 is 11.6 Å². The molecule has 94 valence electrons. The molecule has 4 nitrogen and oxygen atoms in total. The van der Waals surface area contributed by atoms with Gasteiger partial charge in [-0.05, 0) is 25.1 Å². The van der Waals surface area contributed by atoms with E-state index in [4.69, 9.17) is 10.5 Å². The normalized spacial score (nSPS) is 10.4. The molecule has 0 bridgehead atoms. The number of hydrogen-bond acceptors (Lipinski definition) is 4. The first-order valence-electron chi connectivity index (χ1n) is 5.16. The first-order chi connectivity index (χ1) is 8.52. The molecule has 1 aromatic heterocycles. The number of aryl methyl sites for hydroxylation is 1. The highest BCUT2D eigenvalue weighted by Gasteiger charge is 2.12. The van der Waals surface area contributed by atoms with Gasteiger partial charge in [0.15, 0.2) is 29.0 Å². The summed E-state index contributed by atoms with van der Waals surface area (Å²) < 4.78 is 31.6. The summed E-state index contributed by atoms with van der Waals surface area (Å²) in [6.07, 6.45) is 0. The molecule has 0 aliphatic rings. The molecular formula is C12H11F2N3O. The van der Waals surface area contributed by atoms with Crippen LogP contribution >= 0.6 is 0 Å². The van der Waals surface area contributed by atoms with Gasteiger partial charge >= 0.3 is 0 Å². The minimum absolute atomic E-state index is 0.116. The molecule has 18 heavy (non-hydrogen) atoms. The van der Waals surface area contributed by atoms with Gasteiger partial charge in [-0.3, -0.25) is 0 Å². The number of anilines is 1. The fourth-order valence-corrected chi connectivity index (χ4v) is 1.52. The van der Waals surface area contributed by atoms with E-state index in [0.717, 1.165) is 0 Å². The molecule has 0 spiro atoms. The molecule has 1 aromatic carbocycles. The van der Waals surface area contributed by atoms with Gasteiger partial charge in [0.1, 0.15) is 0 Å². The van der Waals surface area contributed by atoms with Crippen LogP contribution in [0.5, 0.6) is 5.75 Å². The third-order valence-corrected chi connectivity index (χ3v) is 2.45. The number of ether oxygens (including phenoxy) is 1. The van der Waals surface area contributed by atoms with Gasteiger partial charge in [0.05, 0.1) is 12.8 Å². The van der Waals surface area contributed by atoms with E-state index in [1.807, 2.05) is 0 Å². The van der Waals surface area contributed by atoms with Crippen molar-refractivity contribution < 1.29 is 13.5 Å². The van der Waals surface area contributed by atoms with Gasteiger partial charge < -0.3 is 10.5 Å². The molecule has 0 amide bonds. The Kier molecular flexibility index (Phi) is 3.10. The zero-order chi connectivity index (χ0) is 13.3. The predicted molar refractivity (Wildman–Crippen MR) is 63.1 cm³/mol. The zero-order valence-electron chi connectivity index (χ0n) is 9.87. The summed E-state index contributed by atoms with van der Waals surface area (Å²) in [6.45, 7) is 1.47. The fourth-order valence-electron chi connectivity index (χ4n) is 1.52. The zero-order valence-corrected chi connectivity index (χ0v) is 9.87. The second-order valence-corrected chi connectivity index (χ2v) is 3.68. The molecule has 0 radical (unpaired) electrons. The third-order valence-electron chi connectivity index (χ3n) is 2.45. The third kappa shape index (κ3) is 2.09. The maximum atomic E-state index is 13.5. The maximum Gasteiger partial charge on any atom is 0.186 e. The smallest absolute Gasteiger partial charge is 0.186 e. The molecule has 0 aliphatic heterocycles. The van der Waals surface area contributed by atoms with Gasteiger partial charge in [-0.1, -0.05) is 0 Å². The number of hydrogen-bond donors (Lipinski definition) is 1. The average molecular weight is 251 g/mol. The molecular weight excluding hydrogens is 240 g/mol. The number of aromatic nitrogens is 2. The van der Waals surface area contributed by atoms with Gasteiger partial charge in [-0.2, -0.15) is 0 Å². The number of nitrogen functional groups attached to an aromatic ring is 1. The second-order valence-electron chi connectivity index (χ2n) is 3.68. The SMILES string of the molecule is COc1ccc(-c2nc(C)c(F)c(N)n2)cc1F. The predicted octanol–water partition coefficient (Wildman–Crippen LogP) is 2.32. The largest absolute Gasteiger partial charge is 0.494 e. The molecule has 2 rings (SSSR count). The highest BCUT2D eigenvalue weighted by molar-refractivity contribution is 5.58. The number of halogens is 2. The van der Waals surface area contributed by atoms with Gasteiger partial charge in [0, 0.05) is 5.56 Å². The van der Waals surface area contributed by atoms with Gasteiger partial charge in [-0.15, -0.1) is 0 Å². The van der Waals surface area contributed by atoms with Gasteiger partial charge in [-0.25, -0.2) is 18.7 Å². The van der Waals surface area contributed by atoms with Crippen LogP contribution in [0.25, 0.3) is 11.4 Å². The lowest BCUT2D eigenvalue weighted by Crippen LogP contribution is -2.03. The number of benzene rings is 1. The van der Waals surface area contributed by atoms with Gasteiger partial charge in [0.25, 0.3) is 0 Å². The lowest BCUT2D eigenvalue weighted by atomic mass is 10.2. The van der Waals surface area contributed by atoms with Crippen molar-refractivity contribution in [1.82, 2.24) is 9.97 Å². The number of methoxy groups -OCH3 is 1. The van der Waals surface area contributed by atoms with E-state index in [9.17, 15) is 8.78 Å². The first kappa shape index (κ1) is 12.2. The van der Waals surface area contributed by atoms with Crippen molar-refractivity contribution in [1.29, 1.82) is 0 Å². The summed E-state index contributed by atoms with van der Waals surface area (Å²) in [4.78, 5) is 7.71. The maximum absolute atomic E-state index is 13.5. The van der Waals surface area contributed by atoms with E-state index >= 15 is 0 Å². The van der Waals surface area contributed by atoms with E-state index in [1.165, 1.54) is 26.2 Å².